The van der Waals surface area contributed by atoms with E-state index >= 15 is 0 Å². The summed E-state index contributed by atoms with van der Waals surface area (Å²) in [5, 5.41) is 7.60. The summed E-state index contributed by atoms with van der Waals surface area (Å²) in [6, 6.07) is 23.8. The third kappa shape index (κ3) is 4.52. The second kappa shape index (κ2) is 9.07. The van der Waals surface area contributed by atoms with Gasteiger partial charge in [-0.25, -0.2) is 9.37 Å². The van der Waals surface area contributed by atoms with Crippen molar-refractivity contribution in [1.82, 2.24) is 19.3 Å². The molecule has 0 aliphatic carbocycles. The number of carbonyl (C=O) groups excluding carboxylic acids is 1. The lowest BCUT2D eigenvalue weighted by molar-refractivity contribution is 0.102. The van der Waals surface area contributed by atoms with E-state index in [1.807, 2.05) is 66.1 Å². The molecular weight excluding hydrogens is 453 g/mol. The van der Waals surface area contributed by atoms with Crippen LogP contribution in [0.25, 0.3) is 17.0 Å². The Bertz CT molecular complexity index is 1560. The van der Waals surface area contributed by atoms with E-state index in [0.717, 1.165) is 22.3 Å². The molecule has 0 aliphatic heterocycles. The lowest BCUT2D eigenvalue weighted by Crippen LogP contribution is -2.18. The highest BCUT2D eigenvalue weighted by Gasteiger charge is 2.20. The molecule has 2 aromatic heterocycles. The number of amides is 1. The van der Waals surface area contributed by atoms with Crippen LogP contribution in [-0.2, 0) is 12.0 Å². The van der Waals surface area contributed by atoms with Gasteiger partial charge in [0.05, 0.1) is 23.3 Å². The average molecular weight is 482 g/mol. The van der Waals surface area contributed by atoms with E-state index in [1.165, 1.54) is 6.07 Å². The molecule has 0 spiro atoms. The van der Waals surface area contributed by atoms with E-state index in [-0.39, 0.29) is 23.7 Å². The quantitative estimate of drug-likeness (QED) is 0.322. The monoisotopic (exact) mass is 481 g/mol. The molecule has 0 radical (unpaired) electrons. The molecule has 3 aromatic carbocycles. The fourth-order valence-electron chi connectivity index (χ4n) is 4.23. The number of nitrogens with zero attached hydrogens (tertiary/aromatic N) is 4. The van der Waals surface area contributed by atoms with E-state index in [4.69, 9.17) is 4.98 Å². The summed E-state index contributed by atoms with van der Waals surface area (Å²) in [4.78, 5) is 17.9. The zero-order valence-electron chi connectivity index (χ0n) is 20.8. The lowest BCUT2D eigenvalue weighted by Gasteiger charge is -2.19. The maximum absolute atomic E-state index is 14.5. The van der Waals surface area contributed by atoms with Gasteiger partial charge < -0.3 is 9.88 Å². The number of imidazole rings is 1. The van der Waals surface area contributed by atoms with Gasteiger partial charge in [0.25, 0.3) is 5.91 Å². The summed E-state index contributed by atoms with van der Waals surface area (Å²) in [6.07, 6.45) is 0. The van der Waals surface area contributed by atoms with Crippen LogP contribution in [-0.4, -0.2) is 25.2 Å². The summed E-state index contributed by atoms with van der Waals surface area (Å²) in [5.74, 6) is 0.451. The van der Waals surface area contributed by atoms with Crippen molar-refractivity contribution in [2.24, 2.45) is 0 Å². The van der Waals surface area contributed by atoms with Crippen LogP contribution < -0.4 is 5.32 Å². The van der Waals surface area contributed by atoms with Crippen LogP contribution in [0.15, 0.2) is 78.9 Å². The third-order valence-corrected chi connectivity index (χ3v) is 6.20. The number of carbonyl (C=O) groups is 1. The van der Waals surface area contributed by atoms with Crippen LogP contribution in [0, 0.1) is 12.7 Å². The van der Waals surface area contributed by atoms with Crippen molar-refractivity contribution < 1.29 is 9.18 Å². The first kappa shape index (κ1) is 23.5. The number of rotatable bonds is 5. The van der Waals surface area contributed by atoms with Gasteiger partial charge in [-0.1, -0.05) is 63.2 Å². The molecule has 0 aliphatic rings. The maximum atomic E-state index is 14.5. The Morgan fingerprint density at radius 1 is 0.972 bits per heavy atom. The highest BCUT2D eigenvalue weighted by Crippen LogP contribution is 2.26. The molecule has 1 amide bonds. The van der Waals surface area contributed by atoms with Crippen LogP contribution in [0.4, 0.5) is 10.2 Å². The molecular formula is C29H28FN5O. The van der Waals surface area contributed by atoms with Gasteiger partial charge >= 0.3 is 0 Å². The molecule has 5 aromatic rings. The number of hydrogen-bond donors (Lipinski definition) is 1. The van der Waals surface area contributed by atoms with Crippen molar-refractivity contribution in [3.05, 3.63) is 107 Å². The first-order valence-corrected chi connectivity index (χ1v) is 11.9. The van der Waals surface area contributed by atoms with Crippen LogP contribution >= 0.6 is 0 Å². The Kier molecular flexibility index (Phi) is 5.92. The normalized spacial score (nSPS) is 11.7. The van der Waals surface area contributed by atoms with E-state index in [0.29, 0.717) is 22.9 Å². The van der Waals surface area contributed by atoms with Gasteiger partial charge in [0.15, 0.2) is 0 Å². The van der Waals surface area contributed by atoms with Gasteiger partial charge in [0, 0.05) is 17.2 Å². The fourth-order valence-corrected chi connectivity index (χ4v) is 4.23. The Balaban J connectivity index is 1.54. The van der Waals surface area contributed by atoms with Crippen molar-refractivity contribution in [2.75, 3.05) is 5.32 Å². The predicted molar refractivity (Wildman–Crippen MR) is 140 cm³/mol. The third-order valence-electron chi connectivity index (χ3n) is 6.20. The van der Waals surface area contributed by atoms with Gasteiger partial charge in [-0.15, -0.1) is 0 Å². The molecule has 2 heterocycles. The molecule has 7 heteroatoms. The number of hydrogen-bond acceptors (Lipinski definition) is 3. The fraction of sp³-hybridized carbons (Fsp3) is 0.207. The van der Waals surface area contributed by atoms with Crippen LogP contribution in [0.3, 0.4) is 0 Å². The molecule has 0 unspecified atom stereocenters. The van der Waals surface area contributed by atoms with Crippen molar-refractivity contribution in [2.45, 2.75) is 39.7 Å². The molecule has 0 bridgehead atoms. The molecule has 1 N–H and O–H groups in total. The van der Waals surface area contributed by atoms with E-state index in [9.17, 15) is 9.18 Å². The van der Waals surface area contributed by atoms with E-state index in [1.54, 1.807) is 22.9 Å². The second-order valence-corrected chi connectivity index (χ2v) is 9.94. The number of aromatic nitrogens is 4. The Morgan fingerprint density at radius 3 is 2.39 bits per heavy atom. The zero-order valence-corrected chi connectivity index (χ0v) is 20.8. The highest BCUT2D eigenvalue weighted by atomic mass is 19.1. The van der Waals surface area contributed by atoms with E-state index < -0.39 is 0 Å². The second-order valence-electron chi connectivity index (χ2n) is 9.94. The topological polar surface area (TPSA) is 64.7 Å². The zero-order chi connectivity index (χ0) is 25.4. The lowest BCUT2D eigenvalue weighted by atomic mass is 9.87. The first-order valence-electron chi connectivity index (χ1n) is 11.9. The minimum Gasteiger partial charge on any atom is -0.306 e. The first-order chi connectivity index (χ1) is 17.2. The summed E-state index contributed by atoms with van der Waals surface area (Å²) in [6.45, 7) is 8.53. The standard InChI is InChI=1S/C29H28FN5O/c1-19-17-26(32-27(36)20-13-15-22(16-14-20)29(2,3)4)35(33-19)28-31-24-11-7-8-12-25(24)34(28)18-21-9-5-6-10-23(21)30/h5-17H,18H2,1-4H3,(H,32,36). The average Bonchev–Trinajstić information content (AvgIpc) is 3.39. The summed E-state index contributed by atoms with van der Waals surface area (Å²) in [7, 11) is 0. The highest BCUT2D eigenvalue weighted by molar-refractivity contribution is 6.04. The van der Waals surface area contributed by atoms with Gasteiger partial charge in [-0.2, -0.15) is 9.78 Å². The van der Waals surface area contributed by atoms with Gasteiger partial charge in [-0.3, -0.25) is 4.79 Å². The smallest absolute Gasteiger partial charge is 0.256 e. The van der Waals surface area contributed by atoms with Gasteiger partial charge in [0.2, 0.25) is 5.95 Å². The number of nitrogens with one attached hydrogen (secondary N) is 1. The minimum absolute atomic E-state index is 0.00203. The van der Waals surface area contributed by atoms with Gasteiger partial charge in [0.1, 0.15) is 11.6 Å². The van der Waals surface area contributed by atoms with Crippen molar-refractivity contribution in [3.63, 3.8) is 0 Å². The van der Waals surface area contributed by atoms with Gasteiger partial charge in [-0.05, 0) is 48.2 Å². The summed E-state index contributed by atoms with van der Waals surface area (Å²) in [5.41, 5.74) is 4.57. The molecule has 0 fully saturated rings. The number of halogens is 1. The van der Waals surface area contributed by atoms with Crippen molar-refractivity contribution in [1.29, 1.82) is 0 Å². The largest absolute Gasteiger partial charge is 0.306 e. The van der Waals surface area contributed by atoms with E-state index in [2.05, 4.69) is 31.2 Å². The summed E-state index contributed by atoms with van der Waals surface area (Å²) >= 11 is 0. The predicted octanol–water partition coefficient (Wildman–Crippen LogP) is 6.27. The van der Waals surface area contributed by atoms with Crippen LogP contribution in [0.2, 0.25) is 0 Å². The van der Waals surface area contributed by atoms with Crippen LogP contribution in [0.5, 0.6) is 0 Å². The molecule has 36 heavy (non-hydrogen) atoms. The van der Waals surface area contributed by atoms with Crippen molar-refractivity contribution >= 4 is 22.8 Å². The molecule has 0 saturated heterocycles. The Hall–Kier alpha value is -4.26. The molecule has 5 rings (SSSR count). The molecule has 6 nitrogen and oxygen atoms in total. The molecule has 0 saturated carbocycles. The SMILES string of the molecule is Cc1cc(NC(=O)c2ccc(C(C)(C)C)cc2)n(-c2nc3ccccc3n2Cc2ccccc2F)n1. The summed E-state index contributed by atoms with van der Waals surface area (Å²) < 4.78 is 18.1. The Morgan fingerprint density at radius 2 is 1.67 bits per heavy atom. The minimum atomic E-state index is -0.287. The van der Waals surface area contributed by atoms with Crippen LogP contribution in [0.1, 0.15) is 48.0 Å². The molecule has 182 valence electrons. The number of aryl methyl sites for hydroxylation is 1. The number of para-hydroxylation sites is 2. The number of anilines is 1. The maximum Gasteiger partial charge on any atom is 0.256 e. The number of benzene rings is 3. The van der Waals surface area contributed by atoms with Crippen molar-refractivity contribution in [3.8, 4) is 5.95 Å². The molecule has 0 atom stereocenters. The number of fused-ring (bicyclic) bond motifs is 1. The Labute approximate surface area is 209 Å².